The van der Waals surface area contributed by atoms with E-state index in [-0.39, 0.29) is 23.1 Å². The number of carbonyl (C=O) groups excluding carboxylic acids is 2. The smallest absolute Gasteiger partial charge is 0.238 e. The van der Waals surface area contributed by atoms with Crippen molar-refractivity contribution in [3.63, 3.8) is 0 Å². The maximum absolute atomic E-state index is 12.0. The molecule has 1 fully saturated rings. The van der Waals surface area contributed by atoms with Gasteiger partial charge in [-0.15, -0.1) is 0 Å². The van der Waals surface area contributed by atoms with Crippen LogP contribution in [-0.2, 0) is 19.6 Å². The number of rotatable bonds is 3. The maximum atomic E-state index is 12.0. The van der Waals surface area contributed by atoms with Crippen molar-refractivity contribution < 1.29 is 18.0 Å². The van der Waals surface area contributed by atoms with Crippen molar-refractivity contribution in [1.29, 1.82) is 0 Å². The average Bonchev–Trinajstić information content (AvgIpc) is 2.77. The summed E-state index contributed by atoms with van der Waals surface area (Å²) < 4.78 is 22.8. The SMILES string of the molecule is Cc1c(NC(=O)C2CNC(=O)C2)cccc1S(N)(=O)=O. The van der Waals surface area contributed by atoms with Crippen LogP contribution in [0, 0.1) is 12.8 Å². The van der Waals surface area contributed by atoms with Crippen LogP contribution in [0.15, 0.2) is 23.1 Å². The zero-order valence-corrected chi connectivity index (χ0v) is 11.7. The van der Waals surface area contributed by atoms with Crippen molar-refractivity contribution in [2.24, 2.45) is 11.1 Å². The van der Waals surface area contributed by atoms with E-state index in [9.17, 15) is 18.0 Å². The van der Waals surface area contributed by atoms with Crippen LogP contribution in [0.4, 0.5) is 5.69 Å². The van der Waals surface area contributed by atoms with Gasteiger partial charge in [-0.25, -0.2) is 13.6 Å². The van der Waals surface area contributed by atoms with E-state index in [1.807, 2.05) is 0 Å². The molecule has 1 aromatic rings. The van der Waals surface area contributed by atoms with Crippen LogP contribution in [-0.4, -0.2) is 26.8 Å². The second kappa shape index (κ2) is 5.22. The Morgan fingerprint density at radius 3 is 2.70 bits per heavy atom. The number of nitrogens with one attached hydrogen (secondary N) is 2. The lowest BCUT2D eigenvalue weighted by Crippen LogP contribution is -2.25. The summed E-state index contributed by atoms with van der Waals surface area (Å²) in [5.74, 6) is -0.932. The van der Waals surface area contributed by atoms with E-state index in [1.165, 1.54) is 12.1 Å². The number of amides is 2. The van der Waals surface area contributed by atoms with Gasteiger partial charge in [0.25, 0.3) is 0 Å². The standard InChI is InChI=1S/C12H15N3O4S/c1-7-9(3-2-4-10(7)20(13,18)19)15-12(17)8-5-11(16)14-6-8/h2-4,8H,5-6H2,1H3,(H,14,16)(H,15,17)(H2,13,18,19). The molecular weight excluding hydrogens is 282 g/mol. The minimum absolute atomic E-state index is 0.0316. The lowest BCUT2D eigenvalue weighted by atomic mass is 10.1. The topological polar surface area (TPSA) is 118 Å². The van der Waals surface area contributed by atoms with Gasteiger partial charge in [0, 0.05) is 18.7 Å². The molecule has 0 saturated carbocycles. The van der Waals surface area contributed by atoms with E-state index in [1.54, 1.807) is 13.0 Å². The Morgan fingerprint density at radius 2 is 2.15 bits per heavy atom. The molecule has 0 bridgehead atoms. The molecule has 1 unspecified atom stereocenters. The Balaban J connectivity index is 2.22. The highest BCUT2D eigenvalue weighted by atomic mass is 32.2. The summed E-state index contributed by atoms with van der Waals surface area (Å²) in [6, 6.07) is 4.47. The number of anilines is 1. The molecule has 8 heteroatoms. The molecule has 1 aliphatic rings. The number of carbonyl (C=O) groups is 2. The van der Waals surface area contributed by atoms with Gasteiger partial charge in [-0.2, -0.15) is 0 Å². The Bertz CT molecular complexity index is 669. The average molecular weight is 297 g/mol. The zero-order chi connectivity index (χ0) is 14.9. The molecule has 0 radical (unpaired) electrons. The highest BCUT2D eigenvalue weighted by molar-refractivity contribution is 7.89. The molecule has 1 heterocycles. The van der Waals surface area contributed by atoms with Crippen molar-refractivity contribution in [2.45, 2.75) is 18.2 Å². The van der Waals surface area contributed by atoms with Crippen LogP contribution in [0.5, 0.6) is 0 Å². The summed E-state index contributed by atoms with van der Waals surface area (Å²) in [5, 5.41) is 10.3. The number of benzene rings is 1. The van der Waals surface area contributed by atoms with Gasteiger partial charge in [-0.3, -0.25) is 9.59 Å². The van der Waals surface area contributed by atoms with Gasteiger partial charge in [-0.05, 0) is 24.6 Å². The Morgan fingerprint density at radius 1 is 1.45 bits per heavy atom. The number of nitrogens with two attached hydrogens (primary N) is 1. The van der Waals surface area contributed by atoms with E-state index < -0.39 is 15.9 Å². The molecule has 20 heavy (non-hydrogen) atoms. The quantitative estimate of drug-likeness (QED) is 0.710. The molecule has 0 aromatic heterocycles. The first kappa shape index (κ1) is 14.5. The maximum Gasteiger partial charge on any atom is 0.238 e. The second-order valence-electron chi connectivity index (χ2n) is 4.67. The second-order valence-corrected chi connectivity index (χ2v) is 6.20. The van der Waals surface area contributed by atoms with Crippen LogP contribution in [0.3, 0.4) is 0 Å². The molecule has 108 valence electrons. The monoisotopic (exact) mass is 297 g/mol. The third kappa shape index (κ3) is 2.97. The highest BCUT2D eigenvalue weighted by Gasteiger charge is 2.28. The Kier molecular flexibility index (Phi) is 3.78. The van der Waals surface area contributed by atoms with Crippen LogP contribution in [0.25, 0.3) is 0 Å². The fourth-order valence-electron chi connectivity index (χ4n) is 2.08. The van der Waals surface area contributed by atoms with Crippen LogP contribution in [0.1, 0.15) is 12.0 Å². The summed E-state index contributed by atoms with van der Waals surface area (Å²) in [5.41, 5.74) is 0.751. The van der Waals surface area contributed by atoms with E-state index >= 15 is 0 Å². The molecule has 2 rings (SSSR count). The summed E-state index contributed by atoms with van der Waals surface area (Å²) in [6.07, 6.45) is 0.139. The third-order valence-electron chi connectivity index (χ3n) is 3.20. The fourth-order valence-corrected chi connectivity index (χ4v) is 2.89. The lowest BCUT2D eigenvalue weighted by Gasteiger charge is -2.13. The van der Waals surface area contributed by atoms with Crippen LogP contribution < -0.4 is 15.8 Å². The van der Waals surface area contributed by atoms with Crippen molar-refractivity contribution in [3.05, 3.63) is 23.8 Å². The molecular formula is C12H15N3O4S. The Labute approximate surface area is 116 Å². The Hall–Kier alpha value is -1.93. The number of hydrogen-bond acceptors (Lipinski definition) is 4. The minimum atomic E-state index is -3.84. The molecule has 7 nitrogen and oxygen atoms in total. The molecule has 2 amide bonds. The van der Waals surface area contributed by atoms with Crippen LogP contribution >= 0.6 is 0 Å². The molecule has 4 N–H and O–H groups in total. The fraction of sp³-hybridized carbons (Fsp3) is 0.333. The first-order chi connectivity index (χ1) is 9.29. The molecule has 0 aliphatic carbocycles. The van der Waals surface area contributed by atoms with Crippen molar-refractivity contribution in [3.8, 4) is 0 Å². The first-order valence-electron chi connectivity index (χ1n) is 5.99. The lowest BCUT2D eigenvalue weighted by molar-refractivity contribution is -0.123. The normalized spacial score (nSPS) is 18.7. The number of primary sulfonamides is 1. The van der Waals surface area contributed by atoms with Gasteiger partial charge in [0.05, 0.1) is 10.8 Å². The van der Waals surface area contributed by atoms with Crippen molar-refractivity contribution >= 4 is 27.5 Å². The molecule has 1 aliphatic heterocycles. The highest BCUT2D eigenvalue weighted by Crippen LogP contribution is 2.23. The van der Waals surface area contributed by atoms with Gasteiger partial charge < -0.3 is 10.6 Å². The van der Waals surface area contributed by atoms with Crippen LogP contribution in [0.2, 0.25) is 0 Å². The van der Waals surface area contributed by atoms with Crippen molar-refractivity contribution in [2.75, 3.05) is 11.9 Å². The summed E-state index contributed by atoms with van der Waals surface area (Å²) >= 11 is 0. The van der Waals surface area contributed by atoms with Gasteiger partial charge in [0.2, 0.25) is 21.8 Å². The predicted octanol–water partition coefficient (Wildman–Crippen LogP) is -0.283. The van der Waals surface area contributed by atoms with E-state index in [0.29, 0.717) is 17.8 Å². The number of hydrogen-bond donors (Lipinski definition) is 3. The van der Waals surface area contributed by atoms with Gasteiger partial charge in [0.1, 0.15) is 0 Å². The predicted molar refractivity (Wildman–Crippen MR) is 72.3 cm³/mol. The number of sulfonamides is 1. The van der Waals surface area contributed by atoms with Crippen molar-refractivity contribution in [1.82, 2.24) is 5.32 Å². The largest absolute Gasteiger partial charge is 0.355 e. The minimum Gasteiger partial charge on any atom is -0.355 e. The summed E-state index contributed by atoms with van der Waals surface area (Å²) in [7, 11) is -3.84. The van der Waals surface area contributed by atoms with E-state index in [0.717, 1.165) is 0 Å². The molecule has 1 atom stereocenters. The first-order valence-corrected chi connectivity index (χ1v) is 7.53. The van der Waals surface area contributed by atoms with Gasteiger partial charge in [0.15, 0.2) is 0 Å². The summed E-state index contributed by atoms with van der Waals surface area (Å²) in [4.78, 5) is 23.0. The molecule has 1 aromatic carbocycles. The van der Waals surface area contributed by atoms with E-state index in [4.69, 9.17) is 5.14 Å². The van der Waals surface area contributed by atoms with E-state index in [2.05, 4.69) is 10.6 Å². The molecule has 0 spiro atoms. The summed E-state index contributed by atoms with van der Waals surface area (Å²) in [6.45, 7) is 1.85. The zero-order valence-electron chi connectivity index (χ0n) is 10.8. The van der Waals surface area contributed by atoms with Gasteiger partial charge >= 0.3 is 0 Å². The molecule has 1 saturated heterocycles. The van der Waals surface area contributed by atoms with Gasteiger partial charge in [-0.1, -0.05) is 6.07 Å². The third-order valence-corrected chi connectivity index (χ3v) is 4.25.